The van der Waals surface area contributed by atoms with E-state index in [0.717, 1.165) is 0 Å². The Morgan fingerprint density at radius 3 is 1.59 bits per heavy atom. The first-order valence-electron chi connectivity index (χ1n) is 5.18. The molecule has 0 bridgehead atoms. The van der Waals surface area contributed by atoms with Crippen molar-refractivity contribution in [3.63, 3.8) is 0 Å². The van der Waals surface area contributed by atoms with Crippen LogP contribution in [0.4, 0.5) is 0 Å². The van der Waals surface area contributed by atoms with Gasteiger partial charge >= 0.3 is 5.97 Å². The number of rotatable bonds is 2. The number of hydrogen-bond donors (Lipinski definition) is 3. The molecule has 1 unspecified atom stereocenters. The molecule has 2 rings (SSSR count). The molecule has 4 heteroatoms. The summed E-state index contributed by atoms with van der Waals surface area (Å²) in [6, 6.07) is 15.6. The van der Waals surface area contributed by atoms with Crippen molar-refractivity contribution in [2.75, 3.05) is 6.61 Å². The minimum Gasteiger partial charge on any atom is -0.480 e. The van der Waals surface area contributed by atoms with Crippen LogP contribution in [0.15, 0.2) is 48.5 Å². The van der Waals surface area contributed by atoms with Crippen molar-refractivity contribution in [2.45, 2.75) is 6.04 Å². The average molecular weight is 233 g/mol. The molecule has 2 aromatic carbocycles. The molecule has 0 fully saturated rings. The maximum atomic E-state index is 9.65. The molecule has 0 amide bonds. The molecule has 0 aliphatic heterocycles. The molecule has 0 aliphatic rings. The molecule has 1 atom stereocenters. The summed E-state index contributed by atoms with van der Waals surface area (Å²) in [4.78, 5) is 9.65. The van der Waals surface area contributed by atoms with Crippen LogP contribution >= 0.6 is 0 Å². The molecule has 0 saturated heterocycles. The average Bonchev–Trinajstić information content (AvgIpc) is 2.38. The maximum Gasteiger partial charge on any atom is 0.322 e. The predicted molar refractivity (Wildman–Crippen MR) is 66.6 cm³/mol. The van der Waals surface area contributed by atoms with Crippen LogP contribution in [0.5, 0.6) is 0 Å². The molecule has 2 aromatic rings. The minimum absolute atomic E-state index is 0.505. The Morgan fingerprint density at radius 1 is 1.06 bits per heavy atom. The van der Waals surface area contributed by atoms with Gasteiger partial charge in [-0.15, -0.1) is 0 Å². The highest BCUT2D eigenvalue weighted by Crippen LogP contribution is 2.11. The SMILES string of the molecule is NC(CO)C(=O)O.c1ccc2ccccc2c1. The van der Waals surface area contributed by atoms with Gasteiger partial charge < -0.3 is 15.9 Å². The molecule has 0 saturated carbocycles. The van der Waals surface area contributed by atoms with Gasteiger partial charge in [-0.05, 0) is 10.8 Å². The number of nitrogens with two attached hydrogens (primary N) is 1. The van der Waals surface area contributed by atoms with Gasteiger partial charge in [-0.25, -0.2) is 0 Å². The number of aliphatic carboxylic acids is 1. The molecular weight excluding hydrogens is 218 g/mol. The van der Waals surface area contributed by atoms with Crippen molar-refractivity contribution >= 4 is 16.7 Å². The molecular formula is C13H15NO3. The molecule has 90 valence electrons. The van der Waals surface area contributed by atoms with E-state index in [2.05, 4.69) is 48.5 Å². The Morgan fingerprint density at radius 2 is 1.41 bits per heavy atom. The van der Waals surface area contributed by atoms with E-state index in [0.29, 0.717) is 0 Å². The van der Waals surface area contributed by atoms with E-state index >= 15 is 0 Å². The van der Waals surface area contributed by atoms with Crippen LogP contribution in [0.1, 0.15) is 0 Å². The van der Waals surface area contributed by atoms with Crippen molar-refractivity contribution in [1.29, 1.82) is 0 Å². The zero-order chi connectivity index (χ0) is 12.7. The van der Waals surface area contributed by atoms with E-state index in [1.807, 2.05) is 0 Å². The number of fused-ring (bicyclic) bond motifs is 1. The van der Waals surface area contributed by atoms with Crippen molar-refractivity contribution in [1.82, 2.24) is 0 Å². The second kappa shape index (κ2) is 6.62. The van der Waals surface area contributed by atoms with E-state index < -0.39 is 18.6 Å². The van der Waals surface area contributed by atoms with E-state index in [1.54, 1.807) is 0 Å². The summed E-state index contributed by atoms with van der Waals surface area (Å²) in [5, 5.41) is 18.5. The molecule has 0 heterocycles. The lowest BCUT2D eigenvalue weighted by atomic mass is 10.1. The third-order valence-corrected chi connectivity index (χ3v) is 2.17. The molecule has 17 heavy (non-hydrogen) atoms. The highest BCUT2D eigenvalue weighted by Gasteiger charge is 2.06. The zero-order valence-corrected chi connectivity index (χ0v) is 9.28. The number of hydrogen-bond acceptors (Lipinski definition) is 3. The summed E-state index contributed by atoms with van der Waals surface area (Å²) in [6.45, 7) is -0.505. The van der Waals surface area contributed by atoms with Gasteiger partial charge in [0.05, 0.1) is 6.61 Å². The number of benzene rings is 2. The maximum absolute atomic E-state index is 9.65. The second-order valence-electron chi connectivity index (χ2n) is 3.47. The quantitative estimate of drug-likeness (QED) is 0.728. The number of carboxylic acids is 1. The summed E-state index contributed by atoms with van der Waals surface area (Å²) in [7, 11) is 0. The Hall–Kier alpha value is -1.91. The Bertz CT molecular complexity index is 419. The third kappa shape index (κ3) is 4.22. The zero-order valence-electron chi connectivity index (χ0n) is 9.28. The highest BCUT2D eigenvalue weighted by atomic mass is 16.4. The normalized spacial score (nSPS) is 11.4. The fourth-order valence-electron chi connectivity index (χ4n) is 1.21. The molecule has 0 aromatic heterocycles. The smallest absolute Gasteiger partial charge is 0.322 e. The first-order valence-corrected chi connectivity index (χ1v) is 5.18. The monoisotopic (exact) mass is 233 g/mol. The lowest BCUT2D eigenvalue weighted by molar-refractivity contribution is -0.139. The summed E-state index contributed by atoms with van der Waals surface area (Å²) in [5.41, 5.74) is 4.77. The van der Waals surface area contributed by atoms with Crippen molar-refractivity contribution in [3.05, 3.63) is 48.5 Å². The summed E-state index contributed by atoms with van der Waals surface area (Å²) < 4.78 is 0. The summed E-state index contributed by atoms with van der Waals surface area (Å²) in [6.07, 6.45) is 0. The van der Waals surface area contributed by atoms with Crippen LogP contribution < -0.4 is 5.73 Å². The summed E-state index contributed by atoms with van der Waals surface area (Å²) in [5.74, 6) is -1.18. The van der Waals surface area contributed by atoms with Crippen LogP contribution in [0.25, 0.3) is 10.8 Å². The molecule has 0 radical (unpaired) electrons. The van der Waals surface area contributed by atoms with Crippen LogP contribution in [-0.2, 0) is 4.79 Å². The largest absolute Gasteiger partial charge is 0.480 e. The molecule has 0 aliphatic carbocycles. The van der Waals surface area contributed by atoms with Gasteiger partial charge in [0.1, 0.15) is 6.04 Å². The lowest BCUT2D eigenvalue weighted by Gasteiger charge is -1.96. The van der Waals surface area contributed by atoms with Crippen LogP contribution in [-0.4, -0.2) is 28.8 Å². The van der Waals surface area contributed by atoms with Crippen molar-refractivity contribution < 1.29 is 15.0 Å². The van der Waals surface area contributed by atoms with Gasteiger partial charge in [-0.2, -0.15) is 0 Å². The van der Waals surface area contributed by atoms with Crippen molar-refractivity contribution in [3.8, 4) is 0 Å². The minimum atomic E-state index is -1.18. The third-order valence-electron chi connectivity index (χ3n) is 2.17. The van der Waals surface area contributed by atoms with Gasteiger partial charge in [-0.1, -0.05) is 48.5 Å². The second-order valence-corrected chi connectivity index (χ2v) is 3.47. The van der Waals surface area contributed by atoms with Crippen LogP contribution in [0.3, 0.4) is 0 Å². The van der Waals surface area contributed by atoms with E-state index in [9.17, 15) is 4.79 Å². The van der Waals surface area contributed by atoms with E-state index in [1.165, 1.54) is 10.8 Å². The number of carbonyl (C=O) groups is 1. The van der Waals surface area contributed by atoms with Crippen molar-refractivity contribution in [2.24, 2.45) is 5.73 Å². The topological polar surface area (TPSA) is 83.5 Å². The fourth-order valence-corrected chi connectivity index (χ4v) is 1.21. The van der Waals surface area contributed by atoms with Crippen LogP contribution in [0, 0.1) is 0 Å². The molecule has 4 nitrogen and oxygen atoms in total. The van der Waals surface area contributed by atoms with Crippen LogP contribution in [0.2, 0.25) is 0 Å². The van der Waals surface area contributed by atoms with Gasteiger partial charge in [0.25, 0.3) is 0 Å². The van der Waals surface area contributed by atoms with Gasteiger partial charge in [0, 0.05) is 0 Å². The predicted octanol–water partition coefficient (Wildman–Crippen LogP) is 1.23. The number of carboxylic acid groups (broad SMARTS) is 1. The van der Waals surface area contributed by atoms with Gasteiger partial charge in [0.2, 0.25) is 0 Å². The first-order chi connectivity index (χ1) is 8.15. The lowest BCUT2D eigenvalue weighted by Crippen LogP contribution is -2.33. The number of aliphatic hydroxyl groups is 1. The van der Waals surface area contributed by atoms with Gasteiger partial charge in [0.15, 0.2) is 0 Å². The highest BCUT2D eigenvalue weighted by molar-refractivity contribution is 5.82. The van der Waals surface area contributed by atoms with E-state index in [-0.39, 0.29) is 0 Å². The standard InChI is InChI=1S/C10H8.C3H7NO3/c1-2-6-10-8-4-3-7-9(10)5-1;4-2(1-5)3(6)7/h1-8H;2,5H,1,4H2,(H,6,7). The first kappa shape index (κ1) is 13.2. The Kier molecular flexibility index (Phi) is 5.13. The number of aliphatic hydroxyl groups excluding tert-OH is 1. The van der Waals surface area contributed by atoms with E-state index in [4.69, 9.17) is 15.9 Å². The Labute approximate surface area is 99.3 Å². The molecule has 0 spiro atoms. The fraction of sp³-hybridized carbons (Fsp3) is 0.154. The summed E-state index contributed by atoms with van der Waals surface area (Å²) >= 11 is 0. The Balaban J connectivity index is 0.000000185. The molecule has 4 N–H and O–H groups in total. The van der Waals surface area contributed by atoms with Gasteiger partial charge in [-0.3, -0.25) is 4.79 Å².